The van der Waals surface area contributed by atoms with Gasteiger partial charge < -0.3 is 15.1 Å². The maximum Gasteiger partial charge on any atom is 0.227 e. The maximum absolute atomic E-state index is 13.9. The first kappa shape index (κ1) is 16.9. The number of carbonyl (C=O) groups is 2. The van der Waals surface area contributed by atoms with Gasteiger partial charge in [0, 0.05) is 26.1 Å². The van der Waals surface area contributed by atoms with E-state index in [1.165, 1.54) is 30.2 Å². The van der Waals surface area contributed by atoms with Gasteiger partial charge in [0.1, 0.15) is 5.82 Å². The van der Waals surface area contributed by atoms with Crippen LogP contribution in [0.25, 0.3) is 0 Å². The van der Waals surface area contributed by atoms with E-state index in [0.29, 0.717) is 6.54 Å². The lowest BCUT2D eigenvalue weighted by Gasteiger charge is -2.26. The number of nitrogens with zero attached hydrogens (tertiary/aromatic N) is 2. The Morgan fingerprint density at radius 1 is 1.21 bits per heavy atom. The summed E-state index contributed by atoms with van der Waals surface area (Å²) in [4.78, 5) is 28.2. The fourth-order valence-electron chi connectivity index (χ4n) is 3.45. The third-order valence-electron chi connectivity index (χ3n) is 4.82. The molecule has 6 heteroatoms. The summed E-state index contributed by atoms with van der Waals surface area (Å²) in [6, 6.07) is 6.18. The minimum Gasteiger partial charge on any atom is -0.355 e. The number of carbonyl (C=O) groups excluding carboxylic acids is 2. The molecule has 130 valence electrons. The number of hydrogen-bond donors (Lipinski definition) is 1. The van der Waals surface area contributed by atoms with Crippen LogP contribution in [0.5, 0.6) is 0 Å². The lowest BCUT2D eigenvalue weighted by molar-refractivity contribution is -0.126. The summed E-state index contributed by atoms with van der Waals surface area (Å²) in [7, 11) is 0. The van der Waals surface area contributed by atoms with E-state index in [1.807, 2.05) is 0 Å². The normalized spacial score (nSPS) is 22.0. The first-order valence-corrected chi connectivity index (χ1v) is 8.70. The Morgan fingerprint density at radius 3 is 2.71 bits per heavy atom. The number of anilines is 1. The summed E-state index contributed by atoms with van der Waals surface area (Å²) in [6.07, 6.45) is 3.88. The molecule has 1 aromatic carbocycles. The summed E-state index contributed by atoms with van der Waals surface area (Å²) in [5, 5.41) is 2.93. The van der Waals surface area contributed by atoms with Crippen molar-refractivity contribution in [2.45, 2.75) is 25.7 Å². The van der Waals surface area contributed by atoms with Crippen molar-refractivity contribution in [3.8, 4) is 0 Å². The first-order chi connectivity index (χ1) is 11.6. The van der Waals surface area contributed by atoms with Gasteiger partial charge in [-0.25, -0.2) is 4.39 Å². The van der Waals surface area contributed by atoms with Crippen molar-refractivity contribution < 1.29 is 14.0 Å². The molecular formula is C18H24FN3O2. The van der Waals surface area contributed by atoms with Crippen molar-refractivity contribution in [1.82, 2.24) is 10.2 Å². The number of amides is 2. The third-order valence-corrected chi connectivity index (χ3v) is 4.82. The molecule has 1 aromatic rings. The first-order valence-electron chi connectivity index (χ1n) is 8.70. The van der Waals surface area contributed by atoms with Crippen molar-refractivity contribution in [3.05, 3.63) is 30.1 Å². The molecule has 1 N–H and O–H groups in total. The predicted octanol–water partition coefficient (Wildman–Crippen LogP) is 1.78. The van der Waals surface area contributed by atoms with Crippen LogP contribution in [0.15, 0.2) is 24.3 Å². The Balaban J connectivity index is 1.49. The number of halogens is 1. The van der Waals surface area contributed by atoms with E-state index in [9.17, 15) is 14.0 Å². The number of para-hydroxylation sites is 1. The van der Waals surface area contributed by atoms with Crippen molar-refractivity contribution in [2.24, 2.45) is 5.92 Å². The molecule has 0 spiro atoms. The molecule has 24 heavy (non-hydrogen) atoms. The smallest absolute Gasteiger partial charge is 0.227 e. The van der Waals surface area contributed by atoms with Crippen molar-refractivity contribution >= 4 is 17.5 Å². The van der Waals surface area contributed by atoms with Crippen LogP contribution in [-0.2, 0) is 9.59 Å². The molecule has 2 heterocycles. The highest BCUT2D eigenvalue weighted by Gasteiger charge is 2.35. The third kappa shape index (κ3) is 3.93. The lowest BCUT2D eigenvalue weighted by Crippen LogP contribution is -2.40. The van der Waals surface area contributed by atoms with Crippen molar-refractivity contribution in [1.29, 1.82) is 0 Å². The SMILES string of the molecule is O=C(NCCN1CCCCC1)C1CC(=O)N(c2ccccc2F)C1. The molecule has 3 rings (SSSR count). The molecule has 0 aromatic heterocycles. The Labute approximate surface area is 141 Å². The zero-order valence-electron chi connectivity index (χ0n) is 13.8. The fourth-order valence-corrected chi connectivity index (χ4v) is 3.45. The van der Waals surface area contributed by atoms with Gasteiger partial charge in [0.2, 0.25) is 11.8 Å². The summed E-state index contributed by atoms with van der Waals surface area (Å²) in [6.45, 7) is 3.89. The van der Waals surface area contributed by atoms with E-state index >= 15 is 0 Å². The molecule has 1 unspecified atom stereocenters. The zero-order valence-corrected chi connectivity index (χ0v) is 13.8. The van der Waals surface area contributed by atoms with Gasteiger partial charge >= 0.3 is 0 Å². The number of hydrogen-bond acceptors (Lipinski definition) is 3. The van der Waals surface area contributed by atoms with Gasteiger partial charge in [0.15, 0.2) is 0 Å². The largest absolute Gasteiger partial charge is 0.355 e. The van der Waals surface area contributed by atoms with Crippen LogP contribution in [-0.4, -0.2) is 49.4 Å². The second kappa shape index (κ2) is 7.75. The Kier molecular flexibility index (Phi) is 5.45. The van der Waals surface area contributed by atoms with Gasteiger partial charge in [-0.3, -0.25) is 9.59 Å². The van der Waals surface area contributed by atoms with Gasteiger partial charge in [0.25, 0.3) is 0 Å². The van der Waals surface area contributed by atoms with Gasteiger partial charge in [-0.15, -0.1) is 0 Å². The molecule has 0 aliphatic carbocycles. The Hall–Kier alpha value is -1.95. The number of nitrogens with one attached hydrogen (secondary N) is 1. The lowest BCUT2D eigenvalue weighted by atomic mass is 10.1. The van der Waals surface area contributed by atoms with Crippen LogP contribution < -0.4 is 10.2 Å². The second-order valence-corrected chi connectivity index (χ2v) is 6.55. The van der Waals surface area contributed by atoms with Gasteiger partial charge in [-0.1, -0.05) is 18.6 Å². The molecular weight excluding hydrogens is 309 g/mol. The second-order valence-electron chi connectivity index (χ2n) is 6.55. The highest BCUT2D eigenvalue weighted by atomic mass is 19.1. The predicted molar refractivity (Wildman–Crippen MR) is 90.2 cm³/mol. The highest BCUT2D eigenvalue weighted by molar-refractivity contribution is 6.00. The molecule has 2 amide bonds. The Morgan fingerprint density at radius 2 is 1.96 bits per heavy atom. The van der Waals surface area contributed by atoms with Crippen LogP contribution in [0.1, 0.15) is 25.7 Å². The Bertz CT molecular complexity index is 602. The number of piperidine rings is 1. The molecule has 0 bridgehead atoms. The van der Waals surface area contributed by atoms with E-state index in [4.69, 9.17) is 0 Å². The molecule has 0 saturated carbocycles. The van der Waals surface area contributed by atoms with E-state index in [-0.39, 0.29) is 30.5 Å². The number of benzene rings is 1. The minimum absolute atomic E-state index is 0.112. The standard InChI is InChI=1S/C18H24FN3O2/c19-15-6-2-3-7-16(15)22-13-14(12-17(22)23)18(24)20-8-11-21-9-4-1-5-10-21/h2-3,6-7,14H,1,4-5,8-13H2,(H,20,24). The highest BCUT2D eigenvalue weighted by Crippen LogP contribution is 2.27. The summed E-state index contributed by atoms with van der Waals surface area (Å²) in [5.74, 6) is -1.15. The number of rotatable bonds is 5. The number of likely N-dealkylation sites (tertiary alicyclic amines) is 1. The summed E-state index contributed by atoms with van der Waals surface area (Å²) >= 11 is 0. The molecule has 2 saturated heterocycles. The summed E-state index contributed by atoms with van der Waals surface area (Å²) < 4.78 is 13.9. The van der Waals surface area contributed by atoms with Crippen molar-refractivity contribution in [2.75, 3.05) is 37.6 Å². The summed E-state index contributed by atoms with van der Waals surface area (Å²) in [5.41, 5.74) is 0.256. The maximum atomic E-state index is 13.9. The zero-order chi connectivity index (χ0) is 16.9. The topological polar surface area (TPSA) is 52.7 Å². The average molecular weight is 333 g/mol. The van der Waals surface area contributed by atoms with E-state index in [1.54, 1.807) is 18.2 Å². The van der Waals surface area contributed by atoms with E-state index in [2.05, 4.69) is 10.2 Å². The van der Waals surface area contributed by atoms with Crippen LogP contribution in [0, 0.1) is 11.7 Å². The molecule has 5 nitrogen and oxygen atoms in total. The van der Waals surface area contributed by atoms with Crippen molar-refractivity contribution in [3.63, 3.8) is 0 Å². The molecule has 0 radical (unpaired) electrons. The van der Waals surface area contributed by atoms with Gasteiger partial charge in [-0.2, -0.15) is 0 Å². The van der Waals surface area contributed by atoms with Gasteiger partial charge in [-0.05, 0) is 38.1 Å². The fraction of sp³-hybridized carbons (Fsp3) is 0.556. The van der Waals surface area contributed by atoms with Gasteiger partial charge in [0.05, 0.1) is 11.6 Å². The van der Waals surface area contributed by atoms with Crippen LogP contribution in [0.3, 0.4) is 0 Å². The van der Waals surface area contributed by atoms with E-state index in [0.717, 1.165) is 19.6 Å². The molecule has 2 aliphatic heterocycles. The van der Waals surface area contributed by atoms with Crippen LogP contribution in [0.4, 0.5) is 10.1 Å². The molecule has 2 fully saturated rings. The average Bonchev–Trinajstić information content (AvgIpc) is 2.98. The monoisotopic (exact) mass is 333 g/mol. The van der Waals surface area contributed by atoms with Crippen LogP contribution >= 0.6 is 0 Å². The quantitative estimate of drug-likeness (QED) is 0.894. The molecule has 2 aliphatic rings. The van der Waals surface area contributed by atoms with Crippen LogP contribution in [0.2, 0.25) is 0 Å². The van der Waals surface area contributed by atoms with E-state index < -0.39 is 11.7 Å². The minimum atomic E-state index is -0.433. The molecule has 1 atom stereocenters.